The van der Waals surface area contributed by atoms with Gasteiger partial charge in [0, 0.05) is 17.1 Å². The van der Waals surface area contributed by atoms with Crippen molar-refractivity contribution in [3.8, 4) is 17.0 Å². The largest absolute Gasteiger partial charge is 0.495 e. The van der Waals surface area contributed by atoms with E-state index < -0.39 is 0 Å². The summed E-state index contributed by atoms with van der Waals surface area (Å²) in [6, 6.07) is 5.37. The van der Waals surface area contributed by atoms with Crippen LogP contribution in [-0.4, -0.2) is 22.1 Å². The number of aryl methyl sites for hydroxylation is 1. The van der Waals surface area contributed by atoms with E-state index >= 15 is 0 Å². The third-order valence-corrected chi connectivity index (χ3v) is 3.63. The van der Waals surface area contributed by atoms with Crippen LogP contribution in [0.1, 0.15) is 5.82 Å². The van der Waals surface area contributed by atoms with Crippen molar-refractivity contribution in [3.63, 3.8) is 0 Å². The van der Waals surface area contributed by atoms with Gasteiger partial charge in [0.05, 0.1) is 22.8 Å². The van der Waals surface area contributed by atoms with E-state index in [4.69, 9.17) is 27.9 Å². The first-order valence-corrected chi connectivity index (χ1v) is 6.71. The number of hydrogen-bond donors (Lipinski definition) is 1. The Hall–Kier alpha value is -1.78. The van der Waals surface area contributed by atoms with Gasteiger partial charge in [-0.2, -0.15) is 0 Å². The van der Waals surface area contributed by atoms with Gasteiger partial charge in [-0.25, -0.2) is 9.97 Å². The van der Waals surface area contributed by atoms with E-state index in [1.165, 1.54) is 0 Å². The molecule has 0 spiro atoms. The van der Waals surface area contributed by atoms with Crippen molar-refractivity contribution in [3.05, 3.63) is 40.3 Å². The maximum absolute atomic E-state index is 6.30. The average molecular weight is 308 g/mol. The molecule has 0 unspecified atom stereocenters. The summed E-state index contributed by atoms with van der Waals surface area (Å²) in [6.07, 6.45) is 1.82. The summed E-state index contributed by atoms with van der Waals surface area (Å²) in [4.78, 5) is 11.9. The van der Waals surface area contributed by atoms with E-state index in [2.05, 4.69) is 15.0 Å². The highest BCUT2D eigenvalue weighted by Gasteiger charge is 2.15. The van der Waals surface area contributed by atoms with Crippen LogP contribution >= 0.6 is 23.2 Å². The van der Waals surface area contributed by atoms with Crippen molar-refractivity contribution in [1.82, 2.24) is 15.0 Å². The zero-order chi connectivity index (χ0) is 14.3. The minimum absolute atomic E-state index is 0.470. The Morgan fingerprint density at radius 2 is 1.95 bits per heavy atom. The predicted molar refractivity (Wildman–Crippen MR) is 80.6 cm³/mol. The third-order valence-electron chi connectivity index (χ3n) is 3.02. The van der Waals surface area contributed by atoms with Crippen LogP contribution in [0.5, 0.6) is 5.75 Å². The summed E-state index contributed by atoms with van der Waals surface area (Å²) in [5.74, 6) is 1.23. The Bertz CT molecular complexity index is 798. The fraction of sp³-hybridized carbons (Fsp3) is 0.143. The first kappa shape index (κ1) is 13.2. The van der Waals surface area contributed by atoms with E-state index in [9.17, 15) is 0 Å². The predicted octanol–water partition coefficient (Wildman–Crippen LogP) is 4.25. The fourth-order valence-electron chi connectivity index (χ4n) is 2.13. The highest BCUT2D eigenvalue weighted by molar-refractivity contribution is 6.37. The number of aromatic amines is 1. The lowest BCUT2D eigenvalue weighted by molar-refractivity contribution is 0.415. The van der Waals surface area contributed by atoms with Gasteiger partial charge in [-0.3, -0.25) is 0 Å². The highest BCUT2D eigenvalue weighted by atomic mass is 35.5. The van der Waals surface area contributed by atoms with Gasteiger partial charge in [0.1, 0.15) is 17.2 Å². The van der Waals surface area contributed by atoms with Crippen molar-refractivity contribution >= 4 is 34.2 Å². The van der Waals surface area contributed by atoms with Crippen LogP contribution in [0.25, 0.3) is 22.3 Å². The molecule has 0 amide bonds. The minimum Gasteiger partial charge on any atom is -0.495 e. The fourth-order valence-corrected chi connectivity index (χ4v) is 2.68. The molecule has 0 fully saturated rings. The number of methoxy groups -OCH3 is 1. The molecule has 0 aliphatic heterocycles. The number of nitrogens with one attached hydrogen (secondary N) is 1. The van der Waals surface area contributed by atoms with Gasteiger partial charge in [0.2, 0.25) is 0 Å². The molecular weight excluding hydrogens is 297 g/mol. The van der Waals surface area contributed by atoms with Crippen LogP contribution in [0.2, 0.25) is 10.0 Å². The molecule has 0 aliphatic rings. The molecule has 0 saturated carbocycles. The molecule has 0 radical (unpaired) electrons. The van der Waals surface area contributed by atoms with Crippen LogP contribution in [0.4, 0.5) is 0 Å². The Morgan fingerprint density at radius 3 is 2.70 bits per heavy atom. The summed E-state index contributed by atoms with van der Waals surface area (Å²) in [6.45, 7) is 1.84. The summed E-state index contributed by atoms with van der Waals surface area (Å²) >= 11 is 12.4. The molecule has 20 heavy (non-hydrogen) atoms. The number of fused-ring (bicyclic) bond motifs is 1. The number of nitrogens with zero attached hydrogens (tertiary/aromatic N) is 2. The minimum atomic E-state index is 0.470. The van der Waals surface area contributed by atoms with Crippen LogP contribution in [0.3, 0.4) is 0 Å². The first-order chi connectivity index (χ1) is 9.60. The lowest BCUT2D eigenvalue weighted by atomic mass is 10.1. The van der Waals surface area contributed by atoms with Crippen molar-refractivity contribution < 1.29 is 4.74 Å². The lowest BCUT2D eigenvalue weighted by Gasteiger charge is -2.10. The van der Waals surface area contributed by atoms with Crippen LogP contribution in [-0.2, 0) is 0 Å². The Kier molecular flexibility index (Phi) is 3.28. The molecule has 2 heterocycles. The maximum Gasteiger partial charge on any atom is 0.141 e. The van der Waals surface area contributed by atoms with E-state index in [1.54, 1.807) is 19.2 Å². The number of hydrogen-bond acceptors (Lipinski definition) is 3. The van der Waals surface area contributed by atoms with Gasteiger partial charge in [0.25, 0.3) is 0 Å². The number of rotatable bonds is 2. The molecule has 0 bridgehead atoms. The van der Waals surface area contributed by atoms with Gasteiger partial charge in [0.15, 0.2) is 0 Å². The summed E-state index contributed by atoms with van der Waals surface area (Å²) in [5, 5.41) is 1.90. The highest BCUT2D eigenvalue weighted by Crippen LogP contribution is 2.38. The Balaban J connectivity index is 2.33. The van der Waals surface area contributed by atoms with Crippen LogP contribution < -0.4 is 4.74 Å². The molecule has 0 aliphatic carbocycles. The van der Waals surface area contributed by atoms with Crippen molar-refractivity contribution in [2.45, 2.75) is 6.92 Å². The molecule has 3 rings (SSSR count). The van der Waals surface area contributed by atoms with Crippen molar-refractivity contribution in [1.29, 1.82) is 0 Å². The van der Waals surface area contributed by atoms with E-state index in [0.29, 0.717) is 21.6 Å². The monoisotopic (exact) mass is 307 g/mol. The Labute approximate surface area is 125 Å². The van der Waals surface area contributed by atoms with Gasteiger partial charge >= 0.3 is 0 Å². The lowest BCUT2D eigenvalue weighted by Crippen LogP contribution is -1.94. The number of aromatic nitrogens is 3. The second-order valence-electron chi connectivity index (χ2n) is 4.33. The van der Waals surface area contributed by atoms with Crippen molar-refractivity contribution in [2.75, 3.05) is 7.11 Å². The summed E-state index contributed by atoms with van der Waals surface area (Å²) < 4.78 is 5.24. The average Bonchev–Trinajstić information content (AvgIpc) is 2.86. The topological polar surface area (TPSA) is 50.8 Å². The van der Waals surface area contributed by atoms with Crippen molar-refractivity contribution in [2.24, 2.45) is 0 Å². The van der Waals surface area contributed by atoms with Gasteiger partial charge in [-0.15, -0.1) is 0 Å². The van der Waals surface area contributed by atoms with Crippen LogP contribution in [0, 0.1) is 6.92 Å². The number of H-pyrrole nitrogens is 1. The van der Waals surface area contributed by atoms with E-state index in [1.807, 2.05) is 19.2 Å². The SMILES string of the molecule is COc1cc(-c2nc(C)nc3[nH]ccc23)c(Cl)cc1Cl. The normalized spacial score (nSPS) is 11.0. The molecule has 4 nitrogen and oxygen atoms in total. The molecule has 0 atom stereocenters. The van der Waals surface area contributed by atoms with Gasteiger partial charge in [-0.05, 0) is 25.1 Å². The number of benzene rings is 1. The van der Waals surface area contributed by atoms with Gasteiger partial charge in [-0.1, -0.05) is 23.2 Å². The molecule has 6 heteroatoms. The maximum atomic E-state index is 6.30. The standard InChI is InChI=1S/C14H11Cl2N3O/c1-7-18-13(8-3-4-17-14(8)19-7)9-5-12(20-2)11(16)6-10(9)15/h3-6H,1-2H3,(H,17,18,19). The second kappa shape index (κ2) is 4.96. The third kappa shape index (κ3) is 2.11. The molecular formula is C14H11Cl2N3O. The second-order valence-corrected chi connectivity index (χ2v) is 5.14. The zero-order valence-corrected chi connectivity index (χ0v) is 12.4. The smallest absolute Gasteiger partial charge is 0.141 e. The van der Waals surface area contributed by atoms with Gasteiger partial charge < -0.3 is 9.72 Å². The summed E-state index contributed by atoms with van der Waals surface area (Å²) in [7, 11) is 1.57. The first-order valence-electron chi connectivity index (χ1n) is 5.95. The molecule has 2 aromatic heterocycles. The zero-order valence-electron chi connectivity index (χ0n) is 10.9. The molecule has 102 valence electrons. The molecule has 3 aromatic rings. The number of halogens is 2. The molecule has 1 N–H and O–H groups in total. The Morgan fingerprint density at radius 1 is 1.15 bits per heavy atom. The quantitative estimate of drug-likeness (QED) is 0.770. The van der Waals surface area contributed by atoms with E-state index in [0.717, 1.165) is 22.3 Å². The molecule has 1 aromatic carbocycles. The van der Waals surface area contributed by atoms with E-state index in [-0.39, 0.29) is 0 Å². The summed E-state index contributed by atoms with van der Waals surface area (Å²) in [5.41, 5.74) is 2.30. The van der Waals surface area contributed by atoms with Crippen LogP contribution in [0.15, 0.2) is 24.4 Å². The number of ether oxygens (including phenoxy) is 1. The molecule has 0 saturated heterocycles.